The fourth-order valence-corrected chi connectivity index (χ4v) is 7.11. The number of rotatable bonds is 5. The molecule has 0 N–H and O–H groups in total. The lowest BCUT2D eigenvalue weighted by Gasteiger charge is -2.36. The van der Waals surface area contributed by atoms with E-state index in [-0.39, 0.29) is 17.3 Å². The van der Waals surface area contributed by atoms with Crippen LogP contribution in [0.15, 0.2) is 84.1 Å². The molecule has 38 heavy (non-hydrogen) atoms. The number of amides is 1. The van der Waals surface area contributed by atoms with Gasteiger partial charge >= 0.3 is 0 Å². The molecule has 194 valence electrons. The summed E-state index contributed by atoms with van der Waals surface area (Å²) >= 11 is 0. The van der Waals surface area contributed by atoms with E-state index in [9.17, 15) is 13.2 Å². The van der Waals surface area contributed by atoms with Gasteiger partial charge in [0.05, 0.1) is 36.4 Å². The van der Waals surface area contributed by atoms with Crippen LogP contribution in [0.3, 0.4) is 0 Å². The molecule has 9 nitrogen and oxygen atoms in total. The fraction of sp³-hybridized carbons (Fsp3) is 0.250. The maximum absolute atomic E-state index is 14.1. The Kier molecular flexibility index (Phi) is 6.11. The molecule has 1 saturated heterocycles. The lowest BCUT2D eigenvalue weighted by Crippen LogP contribution is -2.50. The molecule has 2 aliphatic rings. The maximum atomic E-state index is 14.1. The van der Waals surface area contributed by atoms with Crippen molar-refractivity contribution in [2.75, 3.05) is 49.0 Å². The van der Waals surface area contributed by atoms with Crippen LogP contribution in [0.25, 0.3) is 10.8 Å². The Morgan fingerprint density at radius 2 is 1.66 bits per heavy atom. The van der Waals surface area contributed by atoms with E-state index in [2.05, 4.69) is 14.9 Å². The average Bonchev–Trinajstić information content (AvgIpc) is 3.37. The molecule has 1 unspecified atom stereocenters. The van der Waals surface area contributed by atoms with Crippen LogP contribution >= 0.6 is 0 Å². The van der Waals surface area contributed by atoms with Gasteiger partial charge in [-0.3, -0.25) is 14.1 Å². The quantitative estimate of drug-likeness (QED) is 0.392. The molecule has 0 saturated carbocycles. The van der Waals surface area contributed by atoms with Gasteiger partial charge in [-0.05, 0) is 23.8 Å². The van der Waals surface area contributed by atoms with Crippen molar-refractivity contribution in [1.29, 1.82) is 0 Å². The summed E-state index contributed by atoms with van der Waals surface area (Å²) in [7, 11) is -2.40. The summed E-state index contributed by atoms with van der Waals surface area (Å²) in [6.07, 6.45) is 5.01. The van der Waals surface area contributed by atoms with Crippen molar-refractivity contribution in [2.24, 2.45) is 0 Å². The summed E-state index contributed by atoms with van der Waals surface area (Å²) < 4.78 is 35.0. The first-order valence-corrected chi connectivity index (χ1v) is 13.9. The molecule has 1 fully saturated rings. The van der Waals surface area contributed by atoms with Crippen molar-refractivity contribution >= 4 is 38.2 Å². The first kappa shape index (κ1) is 24.2. The maximum Gasteiger partial charge on any atom is 0.264 e. The van der Waals surface area contributed by atoms with Gasteiger partial charge in [-0.25, -0.2) is 13.4 Å². The molecule has 4 aromatic rings. The second-order valence-corrected chi connectivity index (χ2v) is 11.2. The van der Waals surface area contributed by atoms with E-state index in [1.165, 1.54) is 4.31 Å². The van der Waals surface area contributed by atoms with Gasteiger partial charge in [0, 0.05) is 49.3 Å². The normalized spacial score (nSPS) is 17.5. The van der Waals surface area contributed by atoms with Crippen LogP contribution in [0, 0.1) is 0 Å². The number of hydrogen-bond acceptors (Lipinski definition) is 7. The summed E-state index contributed by atoms with van der Waals surface area (Å²) in [5.41, 5.74) is 1.28. The number of sulfonamides is 1. The van der Waals surface area contributed by atoms with Crippen molar-refractivity contribution in [3.63, 3.8) is 0 Å². The Balaban J connectivity index is 1.29. The van der Waals surface area contributed by atoms with Crippen LogP contribution in [-0.4, -0.2) is 69.0 Å². The minimum atomic E-state index is -3.96. The Morgan fingerprint density at radius 1 is 0.921 bits per heavy atom. The van der Waals surface area contributed by atoms with Crippen molar-refractivity contribution < 1.29 is 17.9 Å². The van der Waals surface area contributed by atoms with Gasteiger partial charge in [0.25, 0.3) is 10.0 Å². The van der Waals surface area contributed by atoms with Crippen molar-refractivity contribution in [2.45, 2.75) is 10.8 Å². The smallest absolute Gasteiger partial charge is 0.264 e. The third-order valence-corrected chi connectivity index (χ3v) is 9.16. The second-order valence-electron chi connectivity index (χ2n) is 9.34. The van der Waals surface area contributed by atoms with Gasteiger partial charge in [-0.15, -0.1) is 0 Å². The number of aromatic nitrogens is 2. The van der Waals surface area contributed by atoms with Gasteiger partial charge in [0.15, 0.2) is 0 Å². The third kappa shape index (κ3) is 4.01. The zero-order valence-electron chi connectivity index (χ0n) is 20.9. The first-order chi connectivity index (χ1) is 18.5. The lowest BCUT2D eigenvalue weighted by atomic mass is 9.99. The summed E-state index contributed by atoms with van der Waals surface area (Å²) in [6.45, 7) is 2.40. The van der Waals surface area contributed by atoms with E-state index >= 15 is 0 Å². The van der Waals surface area contributed by atoms with Crippen LogP contribution < -0.4 is 13.9 Å². The third-order valence-electron chi connectivity index (χ3n) is 7.32. The van der Waals surface area contributed by atoms with Crippen LogP contribution in [0.5, 0.6) is 5.75 Å². The minimum Gasteiger partial charge on any atom is -0.496 e. The molecule has 0 bridgehead atoms. The number of hydrogen-bond donors (Lipinski definition) is 0. The van der Waals surface area contributed by atoms with Crippen LogP contribution in [0.4, 0.5) is 11.5 Å². The van der Waals surface area contributed by atoms with Gasteiger partial charge in [0.1, 0.15) is 11.6 Å². The number of methoxy groups -OCH3 is 1. The summed E-state index contributed by atoms with van der Waals surface area (Å²) in [5.74, 6) is 0.756. The van der Waals surface area contributed by atoms with Crippen molar-refractivity contribution in [1.82, 2.24) is 14.9 Å². The average molecular weight is 530 g/mol. The highest BCUT2D eigenvalue weighted by Gasteiger charge is 2.42. The van der Waals surface area contributed by atoms with Crippen LogP contribution in [0.1, 0.15) is 11.5 Å². The summed E-state index contributed by atoms with van der Waals surface area (Å²) in [4.78, 5) is 26.4. The molecule has 3 aromatic carbocycles. The van der Waals surface area contributed by atoms with Crippen molar-refractivity contribution in [3.05, 3.63) is 84.8 Å². The topological polar surface area (TPSA) is 95.9 Å². The SMILES string of the molecule is COc1ccc(S(=O)(=O)N2CC(C(=O)N3CCN(c4cnccn4)CC3)c3ccccc32)c2ccccc12. The molecule has 1 aromatic heterocycles. The number of carbonyl (C=O) groups is 1. The molecule has 1 atom stereocenters. The molecule has 10 heteroatoms. The molecule has 1 amide bonds. The number of benzene rings is 3. The Hall–Kier alpha value is -4.18. The number of carbonyl (C=O) groups excluding carboxylic acids is 1. The monoisotopic (exact) mass is 529 g/mol. The van der Waals surface area contributed by atoms with E-state index in [1.807, 2.05) is 35.2 Å². The highest BCUT2D eigenvalue weighted by Crippen LogP contribution is 2.42. The molecule has 0 spiro atoms. The van der Waals surface area contributed by atoms with Gasteiger partial charge in [-0.1, -0.05) is 42.5 Å². The molecule has 0 aliphatic carbocycles. The number of para-hydroxylation sites is 1. The number of fused-ring (bicyclic) bond motifs is 2. The zero-order chi connectivity index (χ0) is 26.3. The van der Waals surface area contributed by atoms with Gasteiger partial charge in [0.2, 0.25) is 5.91 Å². The Labute approximate surface area is 221 Å². The Bertz CT molecular complexity index is 1600. The van der Waals surface area contributed by atoms with E-state index in [1.54, 1.807) is 56.0 Å². The van der Waals surface area contributed by atoms with Crippen molar-refractivity contribution in [3.8, 4) is 5.75 Å². The number of ether oxygens (including phenoxy) is 1. The number of piperazine rings is 1. The molecule has 2 aliphatic heterocycles. The standard InChI is InChI=1S/C28H27N5O4S/c1-37-25-10-11-26(22-8-3-2-7-21(22)25)38(35,36)33-19-23(20-6-4-5-9-24(20)33)28(34)32-16-14-31(15-17-32)27-18-29-12-13-30-27/h2-13,18,23H,14-17,19H2,1H3. The fourth-order valence-electron chi connectivity index (χ4n) is 5.41. The van der Waals surface area contributed by atoms with E-state index < -0.39 is 15.9 Å². The van der Waals surface area contributed by atoms with E-state index in [0.717, 1.165) is 16.8 Å². The number of anilines is 2. The van der Waals surface area contributed by atoms with Gasteiger partial charge in [-0.2, -0.15) is 0 Å². The van der Waals surface area contributed by atoms with Crippen LogP contribution in [-0.2, 0) is 14.8 Å². The number of nitrogens with zero attached hydrogens (tertiary/aromatic N) is 5. The lowest BCUT2D eigenvalue weighted by molar-refractivity contribution is -0.132. The molecule has 0 radical (unpaired) electrons. The largest absolute Gasteiger partial charge is 0.496 e. The molecular weight excluding hydrogens is 502 g/mol. The molecule has 6 rings (SSSR count). The van der Waals surface area contributed by atoms with Crippen LogP contribution in [0.2, 0.25) is 0 Å². The van der Waals surface area contributed by atoms with E-state index in [0.29, 0.717) is 43.0 Å². The second kappa shape index (κ2) is 9.60. The summed E-state index contributed by atoms with van der Waals surface area (Å²) in [5, 5.41) is 1.30. The van der Waals surface area contributed by atoms with Gasteiger partial charge < -0.3 is 14.5 Å². The molecular formula is C28H27N5O4S. The van der Waals surface area contributed by atoms with E-state index in [4.69, 9.17) is 4.74 Å². The zero-order valence-corrected chi connectivity index (χ0v) is 21.7. The summed E-state index contributed by atoms with van der Waals surface area (Å²) in [6, 6.07) is 17.8. The highest BCUT2D eigenvalue weighted by atomic mass is 32.2. The predicted octanol–water partition coefficient (Wildman–Crippen LogP) is 3.28. The Morgan fingerprint density at radius 3 is 2.39 bits per heavy atom. The molecule has 3 heterocycles. The minimum absolute atomic E-state index is 0.0608. The first-order valence-electron chi connectivity index (χ1n) is 12.5. The highest BCUT2D eigenvalue weighted by molar-refractivity contribution is 7.93. The predicted molar refractivity (Wildman–Crippen MR) is 145 cm³/mol.